The largest absolute Gasteiger partial charge is 0.472 e. The number of nitrogens with one attached hydrogen (secondary N) is 2. The maximum Gasteiger partial charge on any atom is 0.246 e. The van der Waals surface area contributed by atoms with E-state index >= 15 is 0 Å². The van der Waals surface area contributed by atoms with Crippen LogP contribution in [0.1, 0.15) is 18.9 Å². The Morgan fingerprint density at radius 2 is 2.32 bits per heavy atom. The lowest BCUT2D eigenvalue weighted by molar-refractivity contribution is -0.125. The van der Waals surface area contributed by atoms with Crippen LogP contribution in [-0.2, 0) is 9.53 Å². The van der Waals surface area contributed by atoms with Crippen molar-refractivity contribution in [2.45, 2.75) is 25.0 Å². The molecule has 2 aliphatic rings. The van der Waals surface area contributed by atoms with E-state index < -0.39 is 0 Å². The quantitative estimate of drug-likeness (QED) is 0.563. The summed E-state index contributed by atoms with van der Waals surface area (Å²) in [6.45, 7) is 6.03. The molecule has 0 aromatic carbocycles. The highest BCUT2D eigenvalue weighted by molar-refractivity contribution is 6.35. The Kier molecular flexibility index (Phi) is 5.24. The third-order valence-electron chi connectivity index (χ3n) is 5.50. The number of rotatable bonds is 6. The van der Waals surface area contributed by atoms with Crippen LogP contribution in [0.5, 0.6) is 5.88 Å². The molecule has 2 fully saturated rings. The highest BCUT2D eigenvalue weighted by Gasteiger charge is 2.28. The van der Waals surface area contributed by atoms with Gasteiger partial charge in [0.05, 0.1) is 41.5 Å². The van der Waals surface area contributed by atoms with Crippen LogP contribution in [0.2, 0.25) is 5.02 Å². The predicted octanol–water partition coefficient (Wildman–Crippen LogP) is 2.68. The van der Waals surface area contributed by atoms with E-state index in [9.17, 15) is 4.79 Å². The Balaban J connectivity index is 1.38. The summed E-state index contributed by atoms with van der Waals surface area (Å²) in [5, 5.41) is 8.68. The number of fused-ring (bicyclic) bond motifs is 1. The molecule has 2 saturated heterocycles. The molecule has 0 aliphatic carbocycles. The molecule has 5 heterocycles. The zero-order chi connectivity index (χ0) is 21.4. The first-order valence-corrected chi connectivity index (χ1v) is 10.5. The van der Waals surface area contributed by atoms with E-state index in [1.165, 1.54) is 6.08 Å². The summed E-state index contributed by atoms with van der Waals surface area (Å²) in [7, 11) is 0. The number of carbonyl (C=O) groups is 1. The summed E-state index contributed by atoms with van der Waals surface area (Å²) in [6.07, 6.45) is 8.05. The fourth-order valence-corrected chi connectivity index (χ4v) is 4.10. The standard InChI is InChI=1S/C20H22ClN7O3/c1-2-16(29)27-5-3-14(10-27)31-19-17-15(21)8-22-18(17)25-20(26-19)24-12-7-23-28(9-12)13-4-6-30-11-13/h2,7-9,13-14H,1,3-6,10-11H2,(H2,22,24,25,26). The topological polar surface area (TPSA) is 110 Å². The third-order valence-corrected chi connectivity index (χ3v) is 5.80. The van der Waals surface area contributed by atoms with Gasteiger partial charge in [0.1, 0.15) is 11.8 Å². The van der Waals surface area contributed by atoms with Crippen molar-refractivity contribution in [2.75, 3.05) is 31.6 Å². The average Bonchev–Trinajstić information content (AvgIpc) is 3.55. The molecule has 0 saturated carbocycles. The molecule has 10 nitrogen and oxygen atoms in total. The smallest absolute Gasteiger partial charge is 0.246 e. The summed E-state index contributed by atoms with van der Waals surface area (Å²) < 4.78 is 13.5. The molecule has 2 unspecified atom stereocenters. The molecule has 0 bridgehead atoms. The summed E-state index contributed by atoms with van der Waals surface area (Å²) in [4.78, 5) is 25.7. The van der Waals surface area contributed by atoms with Crippen molar-refractivity contribution in [3.8, 4) is 5.88 Å². The van der Waals surface area contributed by atoms with Crippen LogP contribution in [0.25, 0.3) is 11.0 Å². The second-order valence-corrected chi connectivity index (χ2v) is 7.99. The second-order valence-electron chi connectivity index (χ2n) is 7.58. The van der Waals surface area contributed by atoms with E-state index in [2.05, 4.69) is 31.9 Å². The third kappa shape index (κ3) is 3.96. The molecule has 5 rings (SSSR count). The zero-order valence-electron chi connectivity index (χ0n) is 16.8. The van der Waals surface area contributed by atoms with E-state index in [1.807, 2.05) is 10.9 Å². The van der Waals surface area contributed by atoms with Crippen molar-refractivity contribution >= 4 is 40.2 Å². The summed E-state index contributed by atoms with van der Waals surface area (Å²) in [5.74, 6) is 0.624. The first-order chi connectivity index (χ1) is 15.1. The maximum absolute atomic E-state index is 11.9. The van der Waals surface area contributed by atoms with E-state index in [0.29, 0.717) is 54.0 Å². The normalized spacial score (nSPS) is 21.0. The molecule has 2 N–H and O–H groups in total. The summed E-state index contributed by atoms with van der Waals surface area (Å²) >= 11 is 6.34. The fraction of sp³-hybridized carbons (Fsp3) is 0.400. The van der Waals surface area contributed by atoms with E-state index in [4.69, 9.17) is 21.1 Å². The fourth-order valence-electron chi connectivity index (χ4n) is 3.88. The number of ether oxygens (including phenoxy) is 2. The first-order valence-electron chi connectivity index (χ1n) is 10.1. The van der Waals surface area contributed by atoms with Crippen molar-refractivity contribution in [3.63, 3.8) is 0 Å². The molecule has 11 heteroatoms. The molecule has 162 valence electrons. The van der Waals surface area contributed by atoms with Gasteiger partial charge in [-0.25, -0.2) is 0 Å². The van der Waals surface area contributed by atoms with Crippen molar-refractivity contribution in [1.82, 2.24) is 29.6 Å². The molecular weight excluding hydrogens is 422 g/mol. The van der Waals surface area contributed by atoms with Crippen LogP contribution >= 0.6 is 11.6 Å². The minimum Gasteiger partial charge on any atom is -0.472 e. The van der Waals surface area contributed by atoms with Crippen LogP contribution in [0.15, 0.2) is 31.2 Å². The van der Waals surface area contributed by atoms with Gasteiger partial charge in [0.25, 0.3) is 0 Å². The SMILES string of the molecule is C=CC(=O)N1CCC(Oc2nc(Nc3cnn(C4CCOC4)c3)nc3[nH]cc(Cl)c23)C1. The molecule has 1 amide bonds. The summed E-state index contributed by atoms with van der Waals surface area (Å²) in [6, 6.07) is 0.239. The minimum atomic E-state index is -0.189. The number of hydrogen-bond acceptors (Lipinski definition) is 7. The van der Waals surface area contributed by atoms with Gasteiger partial charge in [-0.1, -0.05) is 18.2 Å². The molecule has 3 aromatic heterocycles. The number of hydrogen-bond donors (Lipinski definition) is 2. The lowest BCUT2D eigenvalue weighted by Crippen LogP contribution is -2.29. The highest BCUT2D eigenvalue weighted by atomic mass is 35.5. The number of aromatic amines is 1. The van der Waals surface area contributed by atoms with Crippen LogP contribution in [0.4, 0.5) is 11.6 Å². The molecule has 0 radical (unpaired) electrons. The van der Waals surface area contributed by atoms with Gasteiger partial charge in [-0.3, -0.25) is 9.48 Å². The Bertz CT molecular complexity index is 1120. The van der Waals surface area contributed by atoms with Crippen molar-refractivity contribution < 1.29 is 14.3 Å². The number of H-pyrrole nitrogens is 1. The zero-order valence-corrected chi connectivity index (χ0v) is 17.5. The molecule has 0 spiro atoms. The number of likely N-dealkylation sites (tertiary alicyclic amines) is 1. The predicted molar refractivity (Wildman–Crippen MR) is 115 cm³/mol. The number of nitrogens with zero attached hydrogens (tertiary/aromatic N) is 5. The molecule has 2 aliphatic heterocycles. The van der Waals surface area contributed by atoms with E-state index in [-0.39, 0.29) is 18.1 Å². The van der Waals surface area contributed by atoms with Gasteiger partial charge in [0.15, 0.2) is 0 Å². The average molecular weight is 444 g/mol. The van der Waals surface area contributed by atoms with Crippen molar-refractivity contribution in [1.29, 1.82) is 0 Å². The van der Waals surface area contributed by atoms with E-state index in [0.717, 1.165) is 18.7 Å². The van der Waals surface area contributed by atoms with Crippen LogP contribution in [0, 0.1) is 0 Å². The second kappa shape index (κ2) is 8.20. The number of anilines is 2. The van der Waals surface area contributed by atoms with E-state index in [1.54, 1.807) is 17.3 Å². The Labute approximate surface area is 183 Å². The van der Waals surface area contributed by atoms with Gasteiger partial charge in [-0.2, -0.15) is 15.1 Å². The number of halogens is 1. The number of aromatic nitrogens is 5. The molecular formula is C20H22ClN7O3. The maximum atomic E-state index is 11.9. The lowest BCUT2D eigenvalue weighted by Gasteiger charge is -2.16. The Morgan fingerprint density at radius 3 is 3.13 bits per heavy atom. The van der Waals surface area contributed by atoms with Gasteiger partial charge >= 0.3 is 0 Å². The number of carbonyl (C=O) groups excluding carboxylic acids is 1. The first kappa shape index (κ1) is 19.8. The summed E-state index contributed by atoms with van der Waals surface area (Å²) in [5.41, 5.74) is 1.32. The monoisotopic (exact) mass is 443 g/mol. The lowest BCUT2D eigenvalue weighted by atomic mass is 10.3. The van der Waals surface area contributed by atoms with Gasteiger partial charge in [-0.05, 0) is 12.5 Å². The molecule has 3 aromatic rings. The Morgan fingerprint density at radius 1 is 1.42 bits per heavy atom. The number of amides is 1. The Hall–Kier alpha value is -3.11. The van der Waals surface area contributed by atoms with Gasteiger partial charge in [0.2, 0.25) is 17.7 Å². The van der Waals surface area contributed by atoms with Gasteiger partial charge in [0, 0.05) is 32.0 Å². The van der Waals surface area contributed by atoms with Gasteiger partial charge < -0.3 is 24.7 Å². The van der Waals surface area contributed by atoms with Crippen LogP contribution in [0.3, 0.4) is 0 Å². The molecule has 31 heavy (non-hydrogen) atoms. The van der Waals surface area contributed by atoms with Crippen LogP contribution < -0.4 is 10.1 Å². The highest BCUT2D eigenvalue weighted by Crippen LogP contribution is 2.33. The molecule has 2 atom stereocenters. The van der Waals surface area contributed by atoms with Crippen LogP contribution in [-0.4, -0.2) is 67.9 Å². The van der Waals surface area contributed by atoms with Crippen molar-refractivity contribution in [2.24, 2.45) is 0 Å². The van der Waals surface area contributed by atoms with Gasteiger partial charge in [-0.15, -0.1) is 0 Å². The minimum absolute atomic E-state index is 0.106. The van der Waals surface area contributed by atoms with Crippen molar-refractivity contribution in [3.05, 3.63) is 36.3 Å².